The lowest BCUT2D eigenvalue weighted by atomic mass is 9.94. The zero-order valence-electron chi connectivity index (χ0n) is 13.6. The average Bonchev–Trinajstić information content (AvgIpc) is 2.89. The first kappa shape index (κ1) is 17.1. The molecule has 0 saturated carbocycles. The molecule has 1 aromatic carbocycles. The summed E-state index contributed by atoms with van der Waals surface area (Å²) in [5.41, 5.74) is 3.10. The van der Waals surface area contributed by atoms with Gasteiger partial charge in [0.05, 0.1) is 10.8 Å². The van der Waals surface area contributed by atoms with Gasteiger partial charge in [0.2, 0.25) is 0 Å². The summed E-state index contributed by atoms with van der Waals surface area (Å²) in [7, 11) is -1.11. The largest absolute Gasteiger partial charge is 0.396 e. The van der Waals surface area contributed by atoms with Crippen LogP contribution in [-0.4, -0.2) is 37.6 Å². The summed E-state index contributed by atoms with van der Waals surface area (Å²) < 4.78 is 14.4. The van der Waals surface area contributed by atoms with Crippen molar-refractivity contribution in [2.24, 2.45) is 0 Å². The highest BCUT2D eigenvalue weighted by Gasteiger charge is 2.36. The van der Waals surface area contributed by atoms with E-state index in [-0.39, 0.29) is 17.4 Å². The van der Waals surface area contributed by atoms with Crippen molar-refractivity contribution in [3.05, 3.63) is 54.1 Å². The molecular formula is C18H25NO2S. The van der Waals surface area contributed by atoms with Crippen molar-refractivity contribution in [3.63, 3.8) is 0 Å². The van der Waals surface area contributed by atoms with Gasteiger partial charge in [0.1, 0.15) is 11.0 Å². The van der Waals surface area contributed by atoms with Crippen molar-refractivity contribution in [2.75, 3.05) is 13.2 Å². The topological polar surface area (TPSA) is 40.5 Å². The number of benzene rings is 1. The van der Waals surface area contributed by atoms with Crippen molar-refractivity contribution in [1.82, 2.24) is 4.31 Å². The van der Waals surface area contributed by atoms with Crippen LogP contribution in [0.15, 0.2) is 48.6 Å². The van der Waals surface area contributed by atoms with Gasteiger partial charge in [0.25, 0.3) is 0 Å². The fourth-order valence-electron chi connectivity index (χ4n) is 2.69. The summed E-state index contributed by atoms with van der Waals surface area (Å²) in [6.07, 6.45) is 2.67. The average molecular weight is 319 g/mol. The molecule has 1 aromatic rings. The Bertz CT molecular complexity index is 587. The van der Waals surface area contributed by atoms with Crippen molar-refractivity contribution in [1.29, 1.82) is 0 Å². The van der Waals surface area contributed by atoms with Crippen LogP contribution in [-0.2, 0) is 11.0 Å². The zero-order valence-corrected chi connectivity index (χ0v) is 14.4. The molecule has 0 fully saturated rings. The smallest absolute Gasteiger partial charge is 0.101 e. The van der Waals surface area contributed by atoms with E-state index in [0.717, 1.165) is 16.7 Å². The van der Waals surface area contributed by atoms with Crippen molar-refractivity contribution < 1.29 is 9.32 Å². The van der Waals surface area contributed by atoms with Gasteiger partial charge in [0.15, 0.2) is 0 Å². The van der Waals surface area contributed by atoms with E-state index >= 15 is 0 Å². The molecule has 1 N–H and O–H groups in total. The molecule has 1 aliphatic heterocycles. The molecule has 1 unspecified atom stereocenters. The molecule has 0 bridgehead atoms. The molecule has 22 heavy (non-hydrogen) atoms. The fraction of sp³-hybridized carbons (Fsp3) is 0.444. The second-order valence-corrected chi connectivity index (χ2v) is 8.69. The highest BCUT2D eigenvalue weighted by Crippen LogP contribution is 2.34. The van der Waals surface area contributed by atoms with Crippen molar-refractivity contribution in [2.45, 2.75) is 38.0 Å². The predicted octanol–water partition coefficient (Wildman–Crippen LogP) is 3.16. The predicted molar refractivity (Wildman–Crippen MR) is 93.7 cm³/mol. The lowest BCUT2D eigenvalue weighted by Crippen LogP contribution is -2.42. The summed E-state index contributed by atoms with van der Waals surface area (Å²) >= 11 is 0. The molecule has 3 nitrogen and oxygen atoms in total. The molecule has 1 aliphatic rings. The van der Waals surface area contributed by atoms with Gasteiger partial charge in [-0.1, -0.05) is 43.0 Å². The molecule has 0 radical (unpaired) electrons. The molecule has 0 spiro atoms. The van der Waals surface area contributed by atoms with Gasteiger partial charge < -0.3 is 5.11 Å². The third-order valence-corrected chi connectivity index (χ3v) is 5.69. The number of hydrogen-bond donors (Lipinski definition) is 1. The van der Waals surface area contributed by atoms with E-state index in [1.54, 1.807) is 0 Å². The zero-order chi connectivity index (χ0) is 16.3. The quantitative estimate of drug-likeness (QED) is 0.905. The molecule has 0 aliphatic carbocycles. The van der Waals surface area contributed by atoms with Gasteiger partial charge in [0, 0.05) is 13.2 Å². The Balaban J connectivity index is 2.26. The maximum absolute atomic E-state index is 12.7. The summed E-state index contributed by atoms with van der Waals surface area (Å²) in [5.74, 6) is 0. The Morgan fingerprint density at radius 3 is 2.55 bits per heavy atom. The molecule has 120 valence electrons. The number of hydrogen-bond acceptors (Lipinski definition) is 2. The number of aliphatic hydroxyl groups is 1. The van der Waals surface area contributed by atoms with Gasteiger partial charge in [-0.25, -0.2) is 8.51 Å². The maximum atomic E-state index is 12.7. The van der Waals surface area contributed by atoms with Gasteiger partial charge in [-0.05, 0) is 43.9 Å². The van der Waals surface area contributed by atoms with Crippen LogP contribution in [0.2, 0.25) is 0 Å². The molecule has 4 heteroatoms. The van der Waals surface area contributed by atoms with Crippen LogP contribution in [0.4, 0.5) is 0 Å². The van der Waals surface area contributed by atoms with E-state index in [1.807, 2.05) is 55.4 Å². The maximum Gasteiger partial charge on any atom is 0.101 e. The fourth-order valence-corrected chi connectivity index (χ4v) is 4.06. The Hall–Kier alpha value is -1.23. The lowest BCUT2D eigenvalue weighted by molar-refractivity contribution is 0.256. The van der Waals surface area contributed by atoms with Gasteiger partial charge in [-0.15, -0.1) is 0 Å². The second kappa shape index (κ2) is 6.90. The standard InChI is InChI=1S/C18H25NO2S/c1-14(15-8-6-5-7-9-15)16-10-12-19(17(16)11-13-20)22(21)18(2,3)4/h5-10,17,20H,1,11-13H2,2-4H3/t17-,22?/m1/s1. The third kappa shape index (κ3) is 3.57. The highest BCUT2D eigenvalue weighted by atomic mass is 32.2. The van der Waals surface area contributed by atoms with E-state index in [1.165, 1.54) is 0 Å². The summed E-state index contributed by atoms with van der Waals surface area (Å²) in [6, 6.07) is 9.97. The van der Waals surface area contributed by atoms with Crippen LogP contribution < -0.4 is 0 Å². The first-order valence-electron chi connectivity index (χ1n) is 7.60. The summed E-state index contributed by atoms with van der Waals surface area (Å²) in [6.45, 7) is 10.9. The van der Waals surface area contributed by atoms with Crippen LogP contribution in [0.5, 0.6) is 0 Å². The van der Waals surface area contributed by atoms with Crippen LogP contribution in [0.3, 0.4) is 0 Å². The SMILES string of the molecule is C=C(C1=CCN(S(=O)C(C)(C)C)[C@@H]1CCO)c1ccccc1. The Morgan fingerprint density at radius 2 is 2.00 bits per heavy atom. The van der Waals surface area contributed by atoms with E-state index in [2.05, 4.69) is 12.7 Å². The van der Waals surface area contributed by atoms with Crippen LogP contribution in [0, 0.1) is 0 Å². The molecular weight excluding hydrogens is 294 g/mol. The summed E-state index contributed by atoms with van der Waals surface area (Å²) in [4.78, 5) is 0. The molecule has 2 atom stereocenters. The number of rotatable bonds is 5. The number of aliphatic hydroxyl groups excluding tert-OH is 1. The minimum absolute atomic E-state index is 0.0437. The van der Waals surface area contributed by atoms with Crippen molar-refractivity contribution >= 4 is 16.6 Å². The lowest BCUT2D eigenvalue weighted by Gasteiger charge is -2.31. The van der Waals surface area contributed by atoms with Gasteiger partial charge in [-0.2, -0.15) is 0 Å². The number of nitrogens with zero attached hydrogens (tertiary/aromatic N) is 1. The Kier molecular flexibility index (Phi) is 5.37. The van der Waals surface area contributed by atoms with E-state index < -0.39 is 11.0 Å². The van der Waals surface area contributed by atoms with Crippen molar-refractivity contribution in [3.8, 4) is 0 Å². The molecule has 1 heterocycles. The second-order valence-electron chi connectivity index (χ2n) is 6.49. The first-order chi connectivity index (χ1) is 10.4. The molecule has 0 saturated heterocycles. The highest BCUT2D eigenvalue weighted by molar-refractivity contribution is 7.84. The van der Waals surface area contributed by atoms with Crippen LogP contribution in [0.25, 0.3) is 5.57 Å². The first-order valence-corrected chi connectivity index (χ1v) is 8.71. The van der Waals surface area contributed by atoms with Gasteiger partial charge in [-0.3, -0.25) is 0 Å². The van der Waals surface area contributed by atoms with E-state index in [9.17, 15) is 9.32 Å². The summed E-state index contributed by atoms with van der Waals surface area (Å²) in [5, 5.41) is 9.42. The minimum atomic E-state index is -1.11. The van der Waals surface area contributed by atoms with Gasteiger partial charge >= 0.3 is 0 Å². The molecule has 0 amide bonds. The third-order valence-electron chi connectivity index (χ3n) is 3.81. The Labute approximate surface area is 135 Å². The molecule has 2 rings (SSSR count). The monoisotopic (exact) mass is 319 g/mol. The van der Waals surface area contributed by atoms with Crippen LogP contribution in [0.1, 0.15) is 32.8 Å². The normalized spacial score (nSPS) is 20.7. The van der Waals surface area contributed by atoms with E-state index in [4.69, 9.17) is 0 Å². The van der Waals surface area contributed by atoms with E-state index in [0.29, 0.717) is 13.0 Å². The minimum Gasteiger partial charge on any atom is -0.396 e. The van der Waals surface area contributed by atoms with Crippen LogP contribution >= 0.6 is 0 Å². The molecule has 0 aromatic heterocycles. The Morgan fingerprint density at radius 1 is 1.36 bits per heavy atom.